The number of rotatable bonds is 6. The minimum absolute atomic E-state index is 0.145. The highest BCUT2D eigenvalue weighted by Crippen LogP contribution is 2.15. The predicted octanol–water partition coefficient (Wildman–Crippen LogP) is 3.30. The highest BCUT2D eigenvalue weighted by Gasteiger charge is 2.14. The summed E-state index contributed by atoms with van der Waals surface area (Å²) in [6.45, 7) is 4.77. The maximum atomic E-state index is 12.4. The number of ether oxygens (including phenoxy) is 1. The highest BCUT2D eigenvalue weighted by atomic mass is 16.5. The lowest BCUT2D eigenvalue weighted by molar-refractivity contribution is 0.0946. The molecule has 0 atom stereocenters. The molecule has 0 aliphatic rings. The fourth-order valence-corrected chi connectivity index (χ4v) is 2.60. The zero-order chi connectivity index (χ0) is 17.6. The van der Waals surface area contributed by atoms with Crippen molar-refractivity contribution < 1.29 is 9.53 Å². The van der Waals surface area contributed by atoms with Crippen molar-refractivity contribution in [2.24, 2.45) is 0 Å². The van der Waals surface area contributed by atoms with Crippen LogP contribution in [-0.4, -0.2) is 28.8 Å². The Hall–Kier alpha value is -3.08. The van der Waals surface area contributed by atoms with Crippen molar-refractivity contribution in [1.29, 1.82) is 0 Å². The van der Waals surface area contributed by atoms with Crippen LogP contribution < -0.4 is 10.1 Å². The first-order valence-electron chi connectivity index (χ1n) is 8.23. The molecule has 2 aromatic carbocycles. The number of benzene rings is 2. The van der Waals surface area contributed by atoms with E-state index in [0.29, 0.717) is 18.7 Å². The van der Waals surface area contributed by atoms with E-state index in [2.05, 4.69) is 10.4 Å². The van der Waals surface area contributed by atoms with Gasteiger partial charge in [0.1, 0.15) is 12.4 Å². The monoisotopic (exact) mass is 335 g/mol. The molecule has 3 aromatic rings. The van der Waals surface area contributed by atoms with Crippen molar-refractivity contribution in [1.82, 2.24) is 15.1 Å². The summed E-state index contributed by atoms with van der Waals surface area (Å²) in [6.07, 6.45) is 1.60. The summed E-state index contributed by atoms with van der Waals surface area (Å²) < 4.78 is 7.35. The van der Waals surface area contributed by atoms with Crippen LogP contribution in [0.1, 0.15) is 21.6 Å². The lowest BCUT2D eigenvalue weighted by Crippen LogP contribution is -2.28. The van der Waals surface area contributed by atoms with Crippen LogP contribution in [0.25, 0.3) is 5.69 Å². The Bertz CT molecular complexity index is 856. The molecule has 0 saturated carbocycles. The number of carbonyl (C=O) groups excluding carboxylic acids is 1. The minimum Gasteiger partial charge on any atom is -0.492 e. The third kappa shape index (κ3) is 4.07. The van der Waals surface area contributed by atoms with E-state index in [9.17, 15) is 4.79 Å². The topological polar surface area (TPSA) is 56.2 Å². The molecule has 0 spiro atoms. The number of para-hydroxylation sites is 1. The number of hydrogen-bond acceptors (Lipinski definition) is 3. The number of hydrogen-bond donors (Lipinski definition) is 1. The van der Waals surface area contributed by atoms with Gasteiger partial charge < -0.3 is 10.1 Å². The average Bonchev–Trinajstić information content (AvgIpc) is 3.01. The molecular weight excluding hydrogens is 314 g/mol. The van der Waals surface area contributed by atoms with Crippen LogP contribution in [0, 0.1) is 13.8 Å². The Morgan fingerprint density at radius 1 is 1.12 bits per heavy atom. The van der Waals surface area contributed by atoms with E-state index in [-0.39, 0.29) is 5.91 Å². The summed E-state index contributed by atoms with van der Waals surface area (Å²) in [5, 5.41) is 7.22. The standard InChI is InChI=1S/C20H21N3O2/c1-15-7-6-8-17(13-15)23-16(2)19(14-22-23)20(24)21-11-12-25-18-9-4-3-5-10-18/h3-10,13-14H,11-12H2,1-2H3,(H,21,24). The van der Waals surface area contributed by atoms with Gasteiger partial charge in [-0.25, -0.2) is 4.68 Å². The van der Waals surface area contributed by atoms with Crippen molar-refractivity contribution in [2.45, 2.75) is 13.8 Å². The lowest BCUT2D eigenvalue weighted by atomic mass is 10.2. The molecule has 5 nitrogen and oxygen atoms in total. The lowest BCUT2D eigenvalue weighted by Gasteiger charge is -2.08. The zero-order valence-electron chi connectivity index (χ0n) is 14.4. The van der Waals surface area contributed by atoms with E-state index in [1.54, 1.807) is 10.9 Å². The van der Waals surface area contributed by atoms with Gasteiger partial charge in [-0.15, -0.1) is 0 Å². The maximum Gasteiger partial charge on any atom is 0.254 e. The molecule has 1 N–H and O–H groups in total. The Balaban J connectivity index is 1.59. The Kier molecular flexibility index (Phi) is 5.14. The van der Waals surface area contributed by atoms with Crippen molar-refractivity contribution in [3.8, 4) is 11.4 Å². The molecule has 1 aromatic heterocycles. The summed E-state index contributed by atoms with van der Waals surface area (Å²) in [5.74, 6) is 0.647. The molecule has 128 valence electrons. The molecule has 0 radical (unpaired) electrons. The molecule has 0 unspecified atom stereocenters. The summed E-state index contributed by atoms with van der Waals surface area (Å²) in [4.78, 5) is 12.4. The molecule has 5 heteroatoms. The van der Waals surface area contributed by atoms with E-state index in [1.165, 1.54) is 0 Å². The molecule has 0 bridgehead atoms. The molecule has 25 heavy (non-hydrogen) atoms. The Labute approximate surface area is 147 Å². The fourth-order valence-electron chi connectivity index (χ4n) is 2.60. The van der Waals surface area contributed by atoms with Crippen LogP contribution in [0.2, 0.25) is 0 Å². The molecule has 1 heterocycles. The third-order valence-corrected chi connectivity index (χ3v) is 3.90. The second-order valence-electron chi connectivity index (χ2n) is 5.81. The molecular formula is C20H21N3O2. The van der Waals surface area contributed by atoms with E-state index in [0.717, 1.165) is 22.7 Å². The average molecular weight is 335 g/mol. The maximum absolute atomic E-state index is 12.4. The van der Waals surface area contributed by atoms with Crippen LogP contribution in [0.3, 0.4) is 0 Å². The van der Waals surface area contributed by atoms with Gasteiger partial charge in [-0.1, -0.05) is 30.3 Å². The SMILES string of the molecule is Cc1cccc(-n2ncc(C(=O)NCCOc3ccccc3)c2C)c1. The van der Waals surface area contributed by atoms with Crippen molar-refractivity contribution in [2.75, 3.05) is 13.2 Å². The van der Waals surface area contributed by atoms with Crippen molar-refractivity contribution in [3.63, 3.8) is 0 Å². The first-order valence-corrected chi connectivity index (χ1v) is 8.23. The van der Waals surface area contributed by atoms with E-state index < -0.39 is 0 Å². The quantitative estimate of drug-likeness (QED) is 0.703. The number of aromatic nitrogens is 2. The van der Waals surface area contributed by atoms with Gasteiger partial charge in [0.15, 0.2) is 0 Å². The van der Waals surface area contributed by atoms with Gasteiger partial charge in [0.05, 0.1) is 29.7 Å². The third-order valence-electron chi connectivity index (χ3n) is 3.90. The molecule has 0 aliphatic heterocycles. The van der Waals surface area contributed by atoms with Gasteiger partial charge in [-0.05, 0) is 43.7 Å². The summed E-state index contributed by atoms with van der Waals surface area (Å²) in [5.41, 5.74) is 3.48. The van der Waals surface area contributed by atoms with Crippen LogP contribution in [0.5, 0.6) is 5.75 Å². The van der Waals surface area contributed by atoms with Crippen molar-refractivity contribution in [3.05, 3.63) is 77.6 Å². The van der Waals surface area contributed by atoms with Crippen LogP contribution in [0.15, 0.2) is 60.8 Å². The highest BCUT2D eigenvalue weighted by molar-refractivity contribution is 5.95. The molecule has 0 saturated heterocycles. The number of amides is 1. The smallest absolute Gasteiger partial charge is 0.254 e. The minimum atomic E-state index is -0.145. The second-order valence-corrected chi connectivity index (χ2v) is 5.81. The van der Waals surface area contributed by atoms with Crippen molar-refractivity contribution >= 4 is 5.91 Å². The normalized spacial score (nSPS) is 10.5. The van der Waals surface area contributed by atoms with Gasteiger partial charge in [-0.2, -0.15) is 5.10 Å². The first-order chi connectivity index (χ1) is 12.1. The van der Waals surface area contributed by atoms with Crippen LogP contribution in [0.4, 0.5) is 0 Å². The van der Waals surface area contributed by atoms with E-state index >= 15 is 0 Å². The summed E-state index contributed by atoms with van der Waals surface area (Å²) in [6, 6.07) is 17.6. The van der Waals surface area contributed by atoms with Gasteiger partial charge in [0, 0.05) is 0 Å². The molecule has 1 amide bonds. The van der Waals surface area contributed by atoms with E-state index in [4.69, 9.17) is 4.74 Å². The van der Waals surface area contributed by atoms with Gasteiger partial charge in [-0.3, -0.25) is 4.79 Å². The Morgan fingerprint density at radius 2 is 1.92 bits per heavy atom. The van der Waals surface area contributed by atoms with Gasteiger partial charge in [0.2, 0.25) is 0 Å². The molecule has 0 aliphatic carbocycles. The van der Waals surface area contributed by atoms with Crippen LogP contribution >= 0.6 is 0 Å². The first kappa shape index (κ1) is 16.8. The molecule has 0 fully saturated rings. The fraction of sp³-hybridized carbons (Fsp3) is 0.200. The summed E-state index contributed by atoms with van der Waals surface area (Å²) in [7, 11) is 0. The Morgan fingerprint density at radius 3 is 2.68 bits per heavy atom. The largest absolute Gasteiger partial charge is 0.492 e. The van der Waals surface area contributed by atoms with E-state index in [1.807, 2.05) is 68.4 Å². The molecule has 3 rings (SSSR count). The number of nitrogens with one attached hydrogen (secondary N) is 1. The van der Waals surface area contributed by atoms with Gasteiger partial charge >= 0.3 is 0 Å². The van der Waals surface area contributed by atoms with Gasteiger partial charge in [0.25, 0.3) is 5.91 Å². The zero-order valence-corrected chi connectivity index (χ0v) is 14.4. The number of carbonyl (C=O) groups is 1. The predicted molar refractivity (Wildman–Crippen MR) is 97.3 cm³/mol. The number of aryl methyl sites for hydroxylation is 1. The number of nitrogens with zero attached hydrogens (tertiary/aromatic N) is 2. The van der Waals surface area contributed by atoms with Crippen LogP contribution in [-0.2, 0) is 0 Å². The second kappa shape index (κ2) is 7.66. The summed E-state index contributed by atoms with van der Waals surface area (Å²) >= 11 is 0.